The molecule has 0 aromatic heterocycles. The lowest BCUT2D eigenvalue weighted by molar-refractivity contribution is -0.128. The molecule has 1 aromatic carbocycles. The van der Waals surface area contributed by atoms with Crippen LogP contribution in [0.3, 0.4) is 0 Å². The molecule has 0 aliphatic rings. The maximum absolute atomic E-state index is 13.3. The van der Waals surface area contributed by atoms with Gasteiger partial charge in [-0.2, -0.15) is 8.78 Å². The highest BCUT2D eigenvalue weighted by Gasteiger charge is 2.49. The van der Waals surface area contributed by atoms with Gasteiger partial charge in [-0.3, -0.25) is 0 Å². The van der Waals surface area contributed by atoms with Crippen LogP contribution >= 0.6 is 31.9 Å². The fourth-order valence-corrected chi connectivity index (χ4v) is 2.28. The molecule has 0 fully saturated rings. The van der Waals surface area contributed by atoms with Crippen molar-refractivity contribution < 1.29 is 22.3 Å². The zero-order valence-corrected chi connectivity index (χ0v) is 12.7. The minimum Gasteiger partial charge on any atom is -0.496 e. The third kappa shape index (κ3) is 2.99. The fraction of sp³-hybridized carbons (Fsp3) is 0.455. The van der Waals surface area contributed by atoms with E-state index in [1.807, 2.05) is 0 Å². The molecule has 1 atom stereocenters. The average molecular weight is 394 g/mol. The van der Waals surface area contributed by atoms with E-state index in [9.17, 15) is 17.6 Å². The molecule has 7 heteroatoms. The molecule has 0 heterocycles. The van der Waals surface area contributed by atoms with Crippen LogP contribution < -0.4 is 4.74 Å². The van der Waals surface area contributed by atoms with Gasteiger partial charge >= 0.3 is 12.3 Å². The monoisotopic (exact) mass is 392 g/mol. The van der Waals surface area contributed by atoms with E-state index >= 15 is 0 Å². The number of benzene rings is 1. The lowest BCUT2D eigenvalue weighted by Crippen LogP contribution is -2.31. The van der Waals surface area contributed by atoms with Gasteiger partial charge in [0, 0.05) is 10.0 Å². The minimum absolute atomic E-state index is 0.0275. The number of methoxy groups -OCH3 is 1. The zero-order valence-electron chi connectivity index (χ0n) is 9.49. The first-order valence-electron chi connectivity index (χ1n) is 4.85. The lowest BCUT2D eigenvalue weighted by atomic mass is 10.0. The Labute approximate surface area is 119 Å². The molecule has 18 heavy (non-hydrogen) atoms. The van der Waals surface area contributed by atoms with E-state index in [-0.39, 0.29) is 11.3 Å². The van der Waals surface area contributed by atoms with Crippen molar-refractivity contribution in [3.63, 3.8) is 0 Å². The molecule has 0 saturated heterocycles. The smallest absolute Gasteiger partial charge is 0.323 e. The zero-order chi connectivity index (χ0) is 14.1. The maximum Gasteiger partial charge on any atom is 0.323 e. The van der Waals surface area contributed by atoms with E-state index < -0.39 is 17.2 Å². The Balaban J connectivity index is 3.28. The number of aryl methyl sites for hydroxylation is 1. The van der Waals surface area contributed by atoms with Crippen molar-refractivity contribution >= 4 is 31.9 Å². The Kier molecular flexibility index (Phi) is 5.05. The van der Waals surface area contributed by atoms with Crippen LogP contribution in [0.2, 0.25) is 0 Å². The molecule has 0 N–H and O–H groups in total. The molecule has 1 rings (SSSR count). The largest absolute Gasteiger partial charge is 0.496 e. The predicted octanol–water partition coefficient (Wildman–Crippen LogP) is 5.10. The van der Waals surface area contributed by atoms with E-state index in [0.29, 0.717) is 4.47 Å². The minimum atomic E-state index is -4.18. The van der Waals surface area contributed by atoms with Crippen LogP contribution in [0, 0.1) is 6.92 Å². The first-order valence-corrected chi connectivity index (χ1v) is 6.56. The highest BCUT2D eigenvalue weighted by molar-refractivity contribution is 9.10. The topological polar surface area (TPSA) is 9.23 Å². The summed E-state index contributed by atoms with van der Waals surface area (Å²) < 4.78 is 56.8. The van der Waals surface area contributed by atoms with E-state index in [1.54, 1.807) is 6.92 Å². The summed E-state index contributed by atoms with van der Waals surface area (Å²) in [5.74, 6) is -4.04. The van der Waals surface area contributed by atoms with Crippen molar-refractivity contribution in [2.45, 2.75) is 24.1 Å². The molecule has 1 unspecified atom stereocenters. The van der Waals surface area contributed by atoms with Gasteiger partial charge in [-0.1, -0.05) is 31.9 Å². The Morgan fingerprint density at radius 1 is 1.28 bits per heavy atom. The molecule has 0 amide bonds. The lowest BCUT2D eigenvalue weighted by Gasteiger charge is -2.23. The molecule has 0 spiro atoms. The third-order valence-electron chi connectivity index (χ3n) is 2.41. The van der Waals surface area contributed by atoms with Crippen LogP contribution in [0.5, 0.6) is 5.75 Å². The first-order chi connectivity index (χ1) is 8.21. The van der Waals surface area contributed by atoms with Gasteiger partial charge in [-0.15, -0.1) is 0 Å². The Bertz CT molecular complexity index is 437. The number of alkyl halides is 5. The summed E-state index contributed by atoms with van der Waals surface area (Å²) in [6, 6.07) is 2.86. The average Bonchev–Trinajstić information content (AvgIpc) is 2.30. The SMILES string of the molecule is COc1cc(C)c(Br)cc1C(Br)C(F)(F)C(F)F. The van der Waals surface area contributed by atoms with E-state index in [1.165, 1.54) is 19.2 Å². The summed E-state index contributed by atoms with van der Waals surface area (Å²) in [6.07, 6.45) is -3.76. The van der Waals surface area contributed by atoms with Crippen LogP contribution in [-0.2, 0) is 0 Å². The van der Waals surface area contributed by atoms with Crippen molar-refractivity contribution in [3.05, 3.63) is 27.7 Å². The van der Waals surface area contributed by atoms with Crippen molar-refractivity contribution in [2.75, 3.05) is 7.11 Å². The second-order valence-electron chi connectivity index (χ2n) is 3.68. The van der Waals surface area contributed by atoms with E-state index in [2.05, 4.69) is 31.9 Å². The summed E-state index contributed by atoms with van der Waals surface area (Å²) in [5.41, 5.74) is 0.732. The summed E-state index contributed by atoms with van der Waals surface area (Å²) in [7, 11) is 1.30. The number of halogens is 6. The Hall–Kier alpha value is -0.300. The standard InChI is InChI=1S/C11H10Br2F4O/c1-5-3-8(18-2)6(4-7(5)12)9(13)11(16,17)10(14)15/h3-4,9-10H,1-2H3. The molecular formula is C11H10Br2F4O. The fourth-order valence-electron chi connectivity index (χ4n) is 1.36. The van der Waals surface area contributed by atoms with Crippen LogP contribution in [-0.4, -0.2) is 19.5 Å². The Morgan fingerprint density at radius 3 is 2.28 bits per heavy atom. The van der Waals surface area contributed by atoms with Crippen molar-refractivity contribution in [1.82, 2.24) is 0 Å². The van der Waals surface area contributed by atoms with Gasteiger partial charge in [-0.05, 0) is 24.6 Å². The number of rotatable bonds is 4. The second-order valence-corrected chi connectivity index (χ2v) is 5.45. The highest BCUT2D eigenvalue weighted by atomic mass is 79.9. The van der Waals surface area contributed by atoms with Crippen LogP contribution in [0.4, 0.5) is 17.6 Å². The van der Waals surface area contributed by atoms with Gasteiger partial charge in [0.25, 0.3) is 0 Å². The summed E-state index contributed by atoms with van der Waals surface area (Å²) >= 11 is 5.80. The molecule has 102 valence electrons. The molecule has 0 saturated carbocycles. The van der Waals surface area contributed by atoms with Crippen LogP contribution in [0.25, 0.3) is 0 Å². The summed E-state index contributed by atoms with van der Waals surface area (Å²) in [4.78, 5) is -1.82. The number of hydrogen-bond donors (Lipinski definition) is 0. The van der Waals surface area contributed by atoms with Gasteiger partial charge in [-0.25, -0.2) is 8.78 Å². The molecule has 1 aromatic rings. The van der Waals surface area contributed by atoms with Gasteiger partial charge in [0.15, 0.2) is 0 Å². The number of hydrogen-bond acceptors (Lipinski definition) is 1. The van der Waals surface area contributed by atoms with Gasteiger partial charge < -0.3 is 4.74 Å². The van der Waals surface area contributed by atoms with E-state index in [0.717, 1.165) is 5.56 Å². The Morgan fingerprint density at radius 2 is 1.83 bits per heavy atom. The number of ether oxygens (including phenoxy) is 1. The quantitative estimate of drug-likeness (QED) is 0.510. The van der Waals surface area contributed by atoms with Crippen molar-refractivity contribution in [2.24, 2.45) is 0 Å². The van der Waals surface area contributed by atoms with Gasteiger partial charge in [0.1, 0.15) is 10.6 Å². The molecule has 0 aliphatic carbocycles. The highest BCUT2D eigenvalue weighted by Crippen LogP contribution is 2.46. The molecular weight excluding hydrogens is 384 g/mol. The normalized spacial score (nSPS) is 13.8. The second kappa shape index (κ2) is 5.77. The third-order valence-corrected chi connectivity index (χ3v) is 4.37. The van der Waals surface area contributed by atoms with Crippen molar-refractivity contribution in [3.8, 4) is 5.75 Å². The van der Waals surface area contributed by atoms with Crippen LogP contribution in [0.15, 0.2) is 16.6 Å². The predicted molar refractivity (Wildman–Crippen MR) is 68.1 cm³/mol. The van der Waals surface area contributed by atoms with Crippen molar-refractivity contribution in [1.29, 1.82) is 0 Å². The summed E-state index contributed by atoms with van der Waals surface area (Å²) in [5, 5.41) is 0. The molecule has 0 aliphatic heterocycles. The maximum atomic E-state index is 13.3. The van der Waals surface area contributed by atoms with Gasteiger partial charge in [0.2, 0.25) is 0 Å². The van der Waals surface area contributed by atoms with Gasteiger partial charge in [0.05, 0.1) is 7.11 Å². The molecule has 1 nitrogen and oxygen atoms in total. The molecule has 0 radical (unpaired) electrons. The molecule has 0 bridgehead atoms. The first kappa shape index (κ1) is 15.8. The van der Waals surface area contributed by atoms with E-state index in [4.69, 9.17) is 4.74 Å². The van der Waals surface area contributed by atoms with Crippen LogP contribution in [0.1, 0.15) is 16.0 Å². The summed E-state index contributed by atoms with van der Waals surface area (Å²) in [6.45, 7) is 1.74.